The number of hydrogen-bond donors (Lipinski definition) is 2. The molecule has 1 heterocycles. The van der Waals surface area contributed by atoms with Crippen molar-refractivity contribution in [3.05, 3.63) is 119 Å². The lowest BCUT2D eigenvalue weighted by molar-refractivity contribution is -0.286. The number of pyridine rings is 1. The van der Waals surface area contributed by atoms with Crippen LogP contribution in [0.4, 0.5) is 13.2 Å². The van der Waals surface area contributed by atoms with Crippen LogP contribution in [0.25, 0.3) is 11.1 Å². The highest BCUT2D eigenvalue weighted by Crippen LogP contribution is 2.31. The van der Waals surface area contributed by atoms with Gasteiger partial charge in [0.25, 0.3) is 5.91 Å². The molecular formula is C31H25ClF3N3O6. The van der Waals surface area contributed by atoms with Gasteiger partial charge in [0.15, 0.2) is 0 Å². The number of carbonyl (C=O) groups is 3. The summed E-state index contributed by atoms with van der Waals surface area (Å²) >= 11 is 6.51. The molecule has 0 bridgehead atoms. The van der Waals surface area contributed by atoms with Gasteiger partial charge in [-0.1, -0.05) is 60.1 Å². The van der Waals surface area contributed by atoms with E-state index in [1.807, 2.05) is 30.3 Å². The highest BCUT2D eigenvalue weighted by Gasteiger charge is 2.43. The van der Waals surface area contributed by atoms with E-state index in [0.29, 0.717) is 28.9 Å². The fraction of sp³-hybridized carbons (Fsp3) is 0.161. The summed E-state index contributed by atoms with van der Waals surface area (Å²) in [6.45, 7) is 0.707. The third kappa shape index (κ3) is 8.71. The van der Waals surface area contributed by atoms with E-state index in [4.69, 9.17) is 21.7 Å². The number of rotatable bonds is 10. The maximum absolute atomic E-state index is 13.1. The number of alkyl halides is 3. The van der Waals surface area contributed by atoms with Crippen molar-refractivity contribution in [3.63, 3.8) is 0 Å². The Morgan fingerprint density at radius 1 is 0.909 bits per heavy atom. The number of amides is 1. The van der Waals surface area contributed by atoms with Gasteiger partial charge in [-0.05, 0) is 53.6 Å². The van der Waals surface area contributed by atoms with Gasteiger partial charge in [0.1, 0.15) is 17.8 Å². The smallest absolute Gasteiger partial charge is 0.492 e. The van der Waals surface area contributed by atoms with E-state index >= 15 is 0 Å². The summed E-state index contributed by atoms with van der Waals surface area (Å²) < 4.78 is 44.7. The molecule has 0 saturated heterocycles. The molecule has 13 heteroatoms. The van der Waals surface area contributed by atoms with E-state index in [-0.39, 0.29) is 17.2 Å². The van der Waals surface area contributed by atoms with Crippen molar-refractivity contribution in [2.45, 2.75) is 25.2 Å². The Bertz CT molecular complexity index is 1680. The van der Waals surface area contributed by atoms with Crippen LogP contribution in [0.2, 0.25) is 5.02 Å². The Labute approximate surface area is 254 Å². The molecule has 1 unspecified atom stereocenters. The molecule has 4 aromatic rings. The quantitative estimate of drug-likeness (QED) is 0.170. The molecule has 0 aliphatic rings. The van der Waals surface area contributed by atoms with Gasteiger partial charge in [0.05, 0.1) is 19.0 Å². The minimum Gasteiger partial charge on any atom is -0.492 e. The summed E-state index contributed by atoms with van der Waals surface area (Å²) in [6, 6.07) is 24.1. The van der Waals surface area contributed by atoms with Crippen LogP contribution in [0, 0.1) is 5.41 Å². The van der Waals surface area contributed by atoms with Crippen LogP contribution in [-0.4, -0.2) is 35.2 Å². The van der Waals surface area contributed by atoms with E-state index < -0.39 is 36.5 Å². The normalized spacial score (nSPS) is 11.7. The Morgan fingerprint density at radius 3 is 2.27 bits per heavy atom. The molecule has 44 heavy (non-hydrogen) atoms. The maximum atomic E-state index is 13.1. The van der Waals surface area contributed by atoms with Crippen molar-refractivity contribution >= 4 is 29.4 Å². The second kappa shape index (κ2) is 14.4. The average Bonchev–Trinajstić information content (AvgIpc) is 3.00. The van der Waals surface area contributed by atoms with Gasteiger partial charge in [-0.25, -0.2) is 19.4 Å². The molecular weight excluding hydrogens is 603 g/mol. The molecule has 0 radical (unpaired) electrons. The summed E-state index contributed by atoms with van der Waals surface area (Å²) in [5.41, 5.74) is 2.35. The maximum Gasteiger partial charge on any atom is 0.495 e. The van der Waals surface area contributed by atoms with Crippen molar-refractivity contribution < 1.29 is 42.1 Å². The number of halogens is 4. The topological polar surface area (TPSA) is 120 Å². The van der Waals surface area contributed by atoms with E-state index in [2.05, 4.69) is 15.1 Å². The van der Waals surface area contributed by atoms with Gasteiger partial charge < -0.3 is 14.6 Å². The molecule has 0 aliphatic carbocycles. The second-order valence-electron chi connectivity index (χ2n) is 9.31. The summed E-state index contributed by atoms with van der Waals surface area (Å²) in [5, 5.41) is 10.8. The lowest BCUT2D eigenvalue weighted by atomic mass is 9.98. The molecule has 1 atom stereocenters. The Kier molecular flexibility index (Phi) is 10.4. The van der Waals surface area contributed by atoms with Gasteiger partial charge >= 0.3 is 18.1 Å². The van der Waals surface area contributed by atoms with E-state index in [1.165, 1.54) is 18.2 Å². The zero-order chi connectivity index (χ0) is 31.7. The number of nitrogens with zero attached hydrogens (tertiary/aromatic N) is 1. The molecule has 1 amide bonds. The van der Waals surface area contributed by atoms with Gasteiger partial charge in [0.2, 0.25) is 0 Å². The molecule has 0 saturated carbocycles. The van der Waals surface area contributed by atoms with Crippen LogP contribution in [-0.2, 0) is 25.9 Å². The predicted molar refractivity (Wildman–Crippen MR) is 152 cm³/mol. The highest BCUT2D eigenvalue weighted by atomic mass is 35.5. The largest absolute Gasteiger partial charge is 0.495 e. The van der Waals surface area contributed by atoms with Crippen LogP contribution in [0.3, 0.4) is 0 Å². The zero-order valence-corrected chi connectivity index (χ0v) is 23.6. The Morgan fingerprint density at radius 2 is 1.61 bits per heavy atom. The minimum atomic E-state index is -5.37. The third-order valence-electron chi connectivity index (χ3n) is 6.26. The number of ether oxygens (including phenoxy) is 1. The third-order valence-corrected chi connectivity index (χ3v) is 6.57. The van der Waals surface area contributed by atoms with Crippen molar-refractivity contribution in [3.8, 4) is 16.9 Å². The monoisotopic (exact) mass is 627 g/mol. The molecule has 9 nitrogen and oxygen atoms in total. The molecule has 1 aromatic heterocycles. The number of aromatic nitrogens is 1. The minimum absolute atomic E-state index is 0.192. The van der Waals surface area contributed by atoms with Gasteiger partial charge in [-0.2, -0.15) is 13.2 Å². The van der Waals surface area contributed by atoms with Crippen molar-refractivity contribution in [2.24, 2.45) is 0 Å². The molecule has 0 aliphatic heterocycles. The molecule has 0 spiro atoms. The number of hydrogen-bond acceptors (Lipinski definition) is 7. The first-order valence-electron chi connectivity index (χ1n) is 13.1. The Balaban J connectivity index is 1.46. The Hall–Kier alpha value is -5.10. The van der Waals surface area contributed by atoms with E-state index in [9.17, 15) is 27.6 Å². The number of carbonyl (C=O) groups excluding carboxylic acids is 3. The molecule has 4 rings (SSSR count). The fourth-order valence-electron chi connectivity index (χ4n) is 4.06. The van der Waals surface area contributed by atoms with E-state index in [1.54, 1.807) is 53.2 Å². The summed E-state index contributed by atoms with van der Waals surface area (Å²) in [7, 11) is 0. The molecule has 2 N–H and O–H groups in total. The van der Waals surface area contributed by atoms with Crippen LogP contribution in [0.5, 0.6) is 5.75 Å². The van der Waals surface area contributed by atoms with Crippen molar-refractivity contribution in [1.82, 2.24) is 9.88 Å². The fourth-order valence-corrected chi connectivity index (χ4v) is 4.36. The van der Waals surface area contributed by atoms with Crippen LogP contribution < -0.4 is 15.5 Å². The van der Waals surface area contributed by atoms with Crippen molar-refractivity contribution in [1.29, 1.82) is 5.41 Å². The molecule has 0 fully saturated rings. The highest BCUT2D eigenvalue weighted by molar-refractivity contribution is 6.33. The SMILES string of the molecule is N=c1ccccn1CCOc1ccc(C(=O)NC(CC(=O)OOC(=O)C(F)(F)F)c2ccc(-c3ccccc3)c(Cl)c2)cc1. The number of nitrogens with one attached hydrogen (secondary N) is 2. The standard InChI is InChI=1S/C31H25ClF3N3O6/c32-25-18-22(11-14-24(25)20-6-2-1-3-7-20)26(19-28(39)43-44-30(41)31(33,34)35)37-29(40)21-9-12-23(13-10-21)42-17-16-38-15-5-4-8-27(38)36/h1-15,18,26,36H,16-17,19H2,(H,37,40). The average molecular weight is 628 g/mol. The lowest BCUT2D eigenvalue weighted by Gasteiger charge is -2.19. The number of benzene rings is 3. The predicted octanol–water partition coefficient (Wildman–Crippen LogP) is 5.79. The summed E-state index contributed by atoms with van der Waals surface area (Å²) in [4.78, 5) is 44.1. The zero-order valence-electron chi connectivity index (χ0n) is 22.8. The van der Waals surface area contributed by atoms with Crippen LogP contribution in [0.15, 0.2) is 97.2 Å². The van der Waals surface area contributed by atoms with Crippen molar-refractivity contribution in [2.75, 3.05) is 6.61 Å². The lowest BCUT2D eigenvalue weighted by Crippen LogP contribution is -2.31. The first-order chi connectivity index (χ1) is 21.0. The molecule has 3 aromatic carbocycles. The van der Waals surface area contributed by atoms with E-state index in [0.717, 1.165) is 5.56 Å². The van der Waals surface area contributed by atoms with Gasteiger partial charge in [-0.15, -0.1) is 0 Å². The summed E-state index contributed by atoms with van der Waals surface area (Å²) in [5.74, 6) is -4.19. The van der Waals surface area contributed by atoms with Gasteiger partial charge in [-0.3, -0.25) is 10.2 Å². The van der Waals surface area contributed by atoms with Gasteiger partial charge in [0, 0.05) is 22.3 Å². The first kappa shape index (κ1) is 31.8. The van der Waals surface area contributed by atoms with Crippen LogP contribution in [0.1, 0.15) is 28.4 Å². The summed E-state index contributed by atoms with van der Waals surface area (Å²) in [6.07, 6.45) is -4.29. The van der Waals surface area contributed by atoms with Crippen LogP contribution >= 0.6 is 11.6 Å². The molecule has 228 valence electrons. The second-order valence-corrected chi connectivity index (χ2v) is 9.72. The first-order valence-corrected chi connectivity index (χ1v) is 13.5.